The molecule has 2 aliphatic heterocycles. The predicted octanol–water partition coefficient (Wildman–Crippen LogP) is 2.17. The highest BCUT2D eigenvalue weighted by molar-refractivity contribution is 14.0. The summed E-state index contributed by atoms with van der Waals surface area (Å²) in [5.74, 6) is 4.65. The fourth-order valence-corrected chi connectivity index (χ4v) is 5.19. The van der Waals surface area contributed by atoms with E-state index >= 15 is 0 Å². The second-order valence-electron chi connectivity index (χ2n) is 6.64. The number of aliphatic imine (C=N–C) groups is 1. The number of rotatable bonds is 2. The number of hydrogen-bond donors (Lipinski definition) is 2. The molecule has 122 valence electrons. The van der Waals surface area contributed by atoms with E-state index in [1.165, 1.54) is 25.7 Å². The van der Waals surface area contributed by atoms with Crippen LogP contribution in [0.4, 0.5) is 0 Å². The van der Waals surface area contributed by atoms with Gasteiger partial charge in [0.25, 0.3) is 0 Å². The van der Waals surface area contributed by atoms with Crippen LogP contribution in [0, 0.1) is 11.8 Å². The summed E-state index contributed by atoms with van der Waals surface area (Å²) in [6, 6.07) is 0. The number of guanidine groups is 1. The Bertz CT molecular complexity index is 360. The van der Waals surface area contributed by atoms with Gasteiger partial charge in [0.05, 0.1) is 5.60 Å². The molecule has 4 nitrogen and oxygen atoms in total. The molecule has 21 heavy (non-hydrogen) atoms. The largest absolute Gasteiger partial charge is 0.387 e. The zero-order valence-electron chi connectivity index (χ0n) is 12.9. The molecule has 2 heterocycles. The van der Waals surface area contributed by atoms with E-state index in [1.807, 2.05) is 18.8 Å². The van der Waals surface area contributed by atoms with Crippen LogP contribution in [0.25, 0.3) is 0 Å². The second-order valence-corrected chi connectivity index (χ2v) is 7.74. The number of thioether (sulfide) groups is 1. The summed E-state index contributed by atoms with van der Waals surface area (Å²) >= 11 is 1.85. The highest BCUT2D eigenvalue weighted by Crippen LogP contribution is 2.36. The molecule has 0 aromatic heterocycles. The first-order valence-electron chi connectivity index (χ1n) is 7.96. The average molecular weight is 425 g/mol. The number of nitrogens with zero attached hydrogens (tertiary/aromatic N) is 2. The summed E-state index contributed by atoms with van der Waals surface area (Å²) in [5, 5.41) is 13.8. The lowest BCUT2D eigenvalue weighted by molar-refractivity contribution is 0.0718. The zero-order valence-corrected chi connectivity index (χ0v) is 16.0. The molecule has 1 saturated carbocycles. The van der Waals surface area contributed by atoms with Crippen molar-refractivity contribution in [2.75, 3.05) is 38.2 Å². The predicted molar refractivity (Wildman–Crippen MR) is 101 cm³/mol. The van der Waals surface area contributed by atoms with Gasteiger partial charge in [-0.15, -0.1) is 24.0 Å². The van der Waals surface area contributed by atoms with Crippen LogP contribution in [0.15, 0.2) is 4.99 Å². The van der Waals surface area contributed by atoms with Crippen LogP contribution in [0.2, 0.25) is 0 Å². The van der Waals surface area contributed by atoms with E-state index in [9.17, 15) is 5.11 Å². The lowest BCUT2D eigenvalue weighted by Crippen LogP contribution is -2.48. The Hall–Kier alpha value is 0.310. The van der Waals surface area contributed by atoms with Crippen molar-refractivity contribution in [3.05, 3.63) is 0 Å². The van der Waals surface area contributed by atoms with Gasteiger partial charge in [0.2, 0.25) is 0 Å². The normalized spacial score (nSPS) is 36.3. The summed E-state index contributed by atoms with van der Waals surface area (Å²) in [6.45, 7) is 2.94. The Morgan fingerprint density at radius 1 is 1.33 bits per heavy atom. The quantitative estimate of drug-likeness (QED) is 0.405. The van der Waals surface area contributed by atoms with E-state index in [-0.39, 0.29) is 24.0 Å². The van der Waals surface area contributed by atoms with Crippen molar-refractivity contribution in [2.45, 2.75) is 37.7 Å². The molecule has 2 saturated heterocycles. The molecule has 0 spiro atoms. The lowest BCUT2D eigenvalue weighted by atomic mass is 9.82. The van der Waals surface area contributed by atoms with E-state index < -0.39 is 5.60 Å². The topological polar surface area (TPSA) is 47.9 Å². The van der Waals surface area contributed by atoms with Crippen LogP contribution in [0.5, 0.6) is 0 Å². The van der Waals surface area contributed by atoms with Gasteiger partial charge < -0.3 is 15.3 Å². The maximum absolute atomic E-state index is 10.4. The number of hydrogen-bond acceptors (Lipinski definition) is 3. The van der Waals surface area contributed by atoms with Gasteiger partial charge in [-0.05, 0) is 36.9 Å². The first kappa shape index (κ1) is 17.7. The van der Waals surface area contributed by atoms with Crippen molar-refractivity contribution in [3.63, 3.8) is 0 Å². The Balaban J connectivity index is 0.00000161. The molecule has 3 atom stereocenters. The van der Waals surface area contributed by atoms with E-state index in [0.717, 1.165) is 48.8 Å². The molecule has 3 unspecified atom stereocenters. The Morgan fingerprint density at radius 2 is 2.00 bits per heavy atom. The molecule has 0 aromatic carbocycles. The molecular weight excluding hydrogens is 397 g/mol. The third-order valence-electron chi connectivity index (χ3n) is 5.15. The Labute approximate surface area is 149 Å². The van der Waals surface area contributed by atoms with E-state index in [0.29, 0.717) is 6.54 Å². The molecule has 3 aliphatic rings. The maximum atomic E-state index is 10.4. The summed E-state index contributed by atoms with van der Waals surface area (Å²) < 4.78 is 0. The molecule has 1 aliphatic carbocycles. The van der Waals surface area contributed by atoms with Crippen molar-refractivity contribution in [3.8, 4) is 0 Å². The van der Waals surface area contributed by atoms with Gasteiger partial charge >= 0.3 is 0 Å². The molecule has 0 radical (unpaired) electrons. The molecule has 2 N–H and O–H groups in total. The van der Waals surface area contributed by atoms with E-state index in [4.69, 9.17) is 0 Å². The van der Waals surface area contributed by atoms with Gasteiger partial charge in [-0.1, -0.05) is 12.8 Å². The lowest BCUT2D eigenvalue weighted by Gasteiger charge is -2.27. The fraction of sp³-hybridized carbons (Fsp3) is 0.933. The van der Waals surface area contributed by atoms with Gasteiger partial charge in [0, 0.05) is 32.4 Å². The summed E-state index contributed by atoms with van der Waals surface area (Å²) in [5.41, 5.74) is -0.535. The number of fused-ring (bicyclic) bond motifs is 1. The number of halogens is 1. The van der Waals surface area contributed by atoms with Gasteiger partial charge in [-0.25, -0.2) is 0 Å². The highest BCUT2D eigenvalue weighted by atomic mass is 127. The zero-order chi connectivity index (χ0) is 14.0. The van der Waals surface area contributed by atoms with Crippen molar-refractivity contribution in [1.29, 1.82) is 0 Å². The summed E-state index contributed by atoms with van der Waals surface area (Å²) in [4.78, 5) is 6.84. The van der Waals surface area contributed by atoms with Crippen LogP contribution in [0.1, 0.15) is 32.1 Å². The van der Waals surface area contributed by atoms with Gasteiger partial charge in [0.15, 0.2) is 5.96 Å². The second kappa shape index (κ2) is 7.73. The number of nitrogens with one attached hydrogen (secondary N) is 1. The van der Waals surface area contributed by atoms with E-state index in [1.54, 1.807) is 0 Å². The van der Waals surface area contributed by atoms with Crippen LogP contribution >= 0.6 is 35.7 Å². The van der Waals surface area contributed by atoms with Gasteiger partial charge in [0.1, 0.15) is 0 Å². The molecule has 0 bridgehead atoms. The van der Waals surface area contributed by atoms with E-state index in [2.05, 4.69) is 15.2 Å². The molecule has 0 amide bonds. The summed E-state index contributed by atoms with van der Waals surface area (Å²) in [6.07, 6.45) is 6.47. The third-order valence-corrected chi connectivity index (χ3v) is 6.38. The van der Waals surface area contributed by atoms with Gasteiger partial charge in [-0.3, -0.25) is 4.99 Å². The fourth-order valence-electron chi connectivity index (χ4n) is 3.89. The molecule has 6 heteroatoms. The van der Waals surface area contributed by atoms with Gasteiger partial charge in [-0.2, -0.15) is 11.8 Å². The van der Waals surface area contributed by atoms with Crippen molar-refractivity contribution < 1.29 is 5.11 Å². The minimum Gasteiger partial charge on any atom is -0.387 e. The van der Waals surface area contributed by atoms with Crippen molar-refractivity contribution in [1.82, 2.24) is 10.2 Å². The smallest absolute Gasteiger partial charge is 0.193 e. The van der Waals surface area contributed by atoms with Crippen molar-refractivity contribution in [2.24, 2.45) is 16.8 Å². The van der Waals surface area contributed by atoms with Crippen LogP contribution in [-0.2, 0) is 0 Å². The standard InChI is InChI=1S/C15H27N3OS.HI/c1-16-14(17-10-15(19)6-7-20-11-15)18-8-12-4-2-3-5-13(12)9-18;/h12-13,19H,2-11H2,1H3,(H,16,17);1H. The summed E-state index contributed by atoms with van der Waals surface area (Å²) in [7, 11) is 1.86. The molecule has 0 aromatic rings. The monoisotopic (exact) mass is 425 g/mol. The third kappa shape index (κ3) is 4.19. The highest BCUT2D eigenvalue weighted by Gasteiger charge is 2.37. The Morgan fingerprint density at radius 3 is 2.52 bits per heavy atom. The van der Waals surface area contributed by atoms with Crippen molar-refractivity contribution >= 4 is 41.7 Å². The SMILES string of the molecule is CN=C(NCC1(O)CCSC1)N1CC2CCCCC2C1.I. The molecule has 3 rings (SSSR count). The van der Waals surface area contributed by atoms with Crippen LogP contribution < -0.4 is 5.32 Å². The molecule has 3 fully saturated rings. The number of likely N-dealkylation sites (tertiary alicyclic amines) is 1. The number of aliphatic hydroxyl groups is 1. The first-order valence-corrected chi connectivity index (χ1v) is 9.11. The first-order chi connectivity index (χ1) is 9.70. The average Bonchev–Trinajstić information content (AvgIpc) is 3.06. The maximum Gasteiger partial charge on any atom is 0.193 e. The minimum atomic E-state index is -0.535. The van der Waals surface area contributed by atoms with Crippen LogP contribution in [0.3, 0.4) is 0 Å². The Kier molecular flexibility index (Phi) is 6.50. The molecular formula is C15H28IN3OS. The minimum absolute atomic E-state index is 0. The van der Waals surface area contributed by atoms with Crippen LogP contribution in [-0.4, -0.2) is 59.8 Å².